The molecule has 18 heavy (non-hydrogen) atoms. The molecule has 5 atom stereocenters. The van der Waals surface area contributed by atoms with Crippen LogP contribution in [0.5, 0.6) is 0 Å². The van der Waals surface area contributed by atoms with Crippen molar-refractivity contribution in [2.24, 2.45) is 5.92 Å². The Kier molecular flexibility index (Phi) is 8.75. The Morgan fingerprint density at radius 3 is 2.22 bits per heavy atom. The van der Waals surface area contributed by atoms with Crippen LogP contribution in [0.2, 0.25) is 0 Å². The van der Waals surface area contributed by atoms with E-state index in [1.54, 1.807) is 6.92 Å². The molecule has 1 nitrogen and oxygen atoms in total. The van der Waals surface area contributed by atoms with Gasteiger partial charge in [0.05, 0.1) is 0 Å². The fourth-order valence-electron chi connectivity index (χ4n) is 3.07. The highest BCUT2D eigenvalue weighted by atomic mass is 19.1. The maximum absolute atomic E-state index is 13.8. The van der Waals surface area contributed by atoms with Gasteiger partial charge < -0.3 is 0 Å². The van der Waals surface area contributed by atoms with E-state index in [9.17, 15) is 8.78 Å². The topological polar surface area (TPSA) is 3.24 Å². The van der Waals surface area contributed by atoms with Gasteiger partial charge in [0.15, 0.2) is 0 Å². The van der Waals surface area contributed by atoms with Crippen molar-refractivity contribution in [1.82, 2.24) is 4.90 Å². The molecule has 0 aromatic rings. The van der Waals surface area contributed by atoms with Crippen molar-refractivity contribution in [3.05, 3.63) is 0 Å². The first-order chi connectivity index (χ1) is 8.59. The van der Waals surface area contributed by atoms with Crippen LogP contribution in [0.3, 0.4) is 0 Å². The van der Waals surface area contributed by atoms with E-state index in [2.05, 4.69) is 4.90 Å². The minimum absolute atomic E-state index is 0.00181. The number of rotatable bonds is 2. The molecule has 0 radical (unpaired) electrons. The summed E-state index contributed by atoms with van der Waals surface area (Å²) in [6.07, 6.45) is 1.31. The summed E-state index contributed by atoms with van der Waals surface area (Å²) in [5.41, 5.74) is 0. The van der Waals surface area contributed by atoms with Gasteiger partial charge in [-0.15, -0.1) is 0 Å². The second-order valence-corrected chi connectivity index (χ2v) is 4.93. The molecule has 3 heteroatoms. The highest BCUT2D eigenvalue weighted by Gasteiger charge is 2.46. The fourth-order valence-corrected chi connectivity index (χ4v) is 3.07. The second-order valence-electron chi connectivity index (χ2n) is 4.93. The lowest BCUT2D eigenvalue weighted by molar-refractivity contribution is 0.0164. The molecule has 0 aliphatic carbocycles. The van der Waals surface area contributed by atoms with Gasteiger partial charge in [-0.3, -0.25) is 4.90 Å². The molecule has 2 bridgehead atoms. The summed E-state index contributed by atoms with van der Waals surface area (Å²) in [5.74, 6) is 0.165. The van der Waals surface area contributed by atoms with Crippen molar-refractivity contribution < 1.29 is 8.78 Å². The van der Waals surface area contributed by atoms with Crippen LogP contribution in [0.4, 0.5) is 8.78 Å². The SMILES string of the molecule is CC.CC.CC(F)CN1[C@@H]2CC[C@H]1[C@H](F)[C@H](C)C2. The fraction of sp³-hybridized carbons (Fsp3) is 1.00. The summed E-state index contributed by atoms with van der Waals surface area (Å²) < 4.78 is 26.7. The van der Waals surface area contributed by atoms with E-state index >= 15 is 0 Å². The maximum atomic E-state index is 13.8. The molecule has 1 unspecified atom stereocenters. The van der Waals surface area contributed by atoms with E-state index in [1.165, 1.54) is 0 Å². The average molecular weight is 263 g/mol. The van der Waals surface area contributed by atoms with Gasteiger partial charge in [-0.05, 0) is 32.1 Å². The van der Waals surface area contributed by atoms with Crippen LogP contribution in [-0.2, 0) is 0 Å². The Labute approximate surface area is 112 Å². The van der Waals surface area contributed by atoms with Gasteiger partial charge in [-0.1, -0.05) is 34.6 Å². The minimum atomic E-state index is -0.835. The lowest BCUT2D eigenvalue weighted by Crippen LogP contribution is -2.51. The minimum Gasteiger partial charge on any atom is -0.292 e. The molecule has 0 aromatic heterocycles. The zero-order chi connectivity index (χ0) is 14.3. The highest BCUT2D eigenvalue weighted by molar-refractivity contribution is 4.99. The van der Waals surface area contributed by atoms with Crippen LogP contribution in [0.15, 0.2) is 0 Å². The molecule has 2 saturated heterocycles. The van der Waals surface area contributed by atoms with Gasteiger partial charge in [-0.25, -0.2) is 8.78 Å². The van der Waals surface area contributed by atoms with E-state index in [-0.39, 0.29) is 12.0 Å². The van der Waals surface area contributed by atoms with Gasteiger partial charge in [0, 0.05) is 18.6 Å². The molecule has 2 fully saturated rings. The van der Waals surface area contributed by atoms with Crippen molar-refractivity contribution >= 4 is 0 Å². The van der Waals surface area contributed by atoms with Crippen LogP contribution in [0.1, 0.15) is 60.8 Å². The van der Waals surface area contributed by atoms with Crippen LogP contribution in [0.25, 0.3) is 0 Å². The summed E-state index contributed by atoms with van der Waals surface area (Å²) in [4.78, 5) is 2.06. The largest absolute Gasteiger partial charge is 0.292 e. The Morgan fingerprint density at radius 1 is 1.17 bits per heavy atom. The molecular weight excluding hydrogens is 232 g/mol. The van der Waals surface area contributed by atoms with Gasteiger partial charge >= 0.3 is 0 Å². The van der Waals surface area contributed by atoms with Crippen LogP contribution >= 0.6 is 0 Å². The monoisotopic (exact) mass is 263 g/mol. The summed E-state index contributed by atoms with van der Waals surface area (Å²) in [5, 5.41) is 0. The van der Waals surface area contributed by atoms with Crippen molar-refractivity contribution in [2.45, 2.75) is 85.2 Å². The van der Waals surface area contributed by atoms with Crippen molar-refractivity contribution in [3.63, 3.8) is 0 Å². The predicted octanol–water partition coefficient (Wildman–Crippen LogP) is 4.61. The standard InChI is InChI=1S/C11H19F2N.2C2H6/c1-7-5-9-3-4-10(11(7)13)14(9)6-8(2)12;2*1-2/h7-11H,3-6H2,1-2H3;2*1-2H3/t7-,8?,9-,10+,11-;;/m1../s1. The van der Waals surface area contributed by atoms with Crippen molar-refractivity contribution in [1.29, 1.82) is 0 Å². The number of fused-ring (bicyclic) bond motifs is 2. The van der Waals surface area contributed by atoms with Crippen LogP contribution in [-0.4, -0.2) is 35.9 Å². The smallest absolute Gasteiger partial charge is 0.118 e. The maximum Gasteiger partial charge on any atom is 0.118 e. The number of nitrogens with zero attached hydrogens (tertiary/aromatic N) is 1. The number of hydrogen-bond donors (Lipinski definition) is 0. The molecule has 0 N–H and O–H groups in total. The highest BCUT2D eigenvalue weighted by Crippen LogP contribution is 2.40. The van der Waals surface area contributed by atoms with Crippen LogP contribution in [0, 0.1) is 5.92 Å². The van der Waals surface area contributed by atoms with E-state index in [0.717, 1.165) is 19.3 Å². The average Bonchev–Trinajstić information content (AvgIpc) is 2.68. The number of hydrogen-bond acceptors (Lipinski definition) is 1. The third-order valence-corrected chi connectivity index (χ3v) is 3.71. The molecule has 0 spiro atoms. The molecule has 2 heterocycles. The van der Waals surface area contributed by atoms with Gasteiger partial charge in [0.1, 0.15) is 12.3 Å². The quantitative estimate of drug-likeness (QED) is 0.703. The normalized spacial score (nSPS) is 36.0. The molecular formula is C15H31F2N. The first-order valence-electron chi connectivity index (χ1n) is 7.63. The number of piperidine rings is 1. The first kappa shape index (κ1) is 17.8. The number of halogens is 2. The Hall–Kier alpha value is -0.180. The first-order valence-corrected chi connectivity index (χ1v) is 7.63. The van der Waals surface area contributed by atoms with Gasteiger partial charge in [0.25, 0.3) is 0 Å². The van der Waals surface area contributed by atoms with E-state index in [1.807, 2.05) is 34.6 Å². The molecule has 0 amide bonds. The third kappa shape index (κ3) is 4.18. The molecule has 2 aliphatic rings. The van der Waals surface area contributed by atoms with E-state index < -0.39 is 12.3 Å². The van der Waals surface area contributed by atoms with Crippen LogP contribution < -0.4 is 0 Å². The zero-order valence-corrected chi connectivity index (χ0v) is 12.9. The Bertz CT molecular complexity index is 209. The molecule has 2 rings (SSSR count). The van der Waals surface area contributed by atoms with E-state index in [0.29, 0.717) is 12.6 Å². The summed E-state index contributed by atoms with van der Waals surface area (Å²) >= 11 is 0. The zero-order valence-electron chi connectivity index (χ0n) is 12.9. The van der Waals surface area contributed by atoms with Crippen molar-refractivity contribution in [2.75, 3.05) is 6.54 Å². The number of alkyl halides is 2. The van der Waals surface area contributed by atoms with E-state index in [4.69, 9.17) is 0 Å². The predicted molar refractivity (Wildman–Crippen MR) is 75.5 cm³/mol. The van der Waals surface area contributed by atoms with Gasteiger partial charge in [0.2, 0.25) is 0 Å². The second kappa shape index (κ2) is 8.84. The Morgan fingerprint density at radius 2 is 1.72 bits per heavy atom. The summed E-state index contributed by atoms with van der Waals surface area (Å²) in [6, 6.07) is 0.446. The lowest BCUT2D eigenvalue weighted by atomic mass is 9.90. The molecule has 0 saturated carbocycles. The van der Waals surface area contributed by atoms with Crippen molar-refractivity contribution in [3.8, 4) is 0 Å². The van der Waals surface area contributed by atoms with Gasteiger partial charge in [-0.2, -0.15) is 0 Å². The molecule has 110 valence electrons. The molecule has 2 aliphatic heterocycles. The lowest BCUT2D eigenvalue weighted by Gasteiger charge is -2.40. The Balaban J connectivity index is 0.000000659. The third-order valence-electron chi connectivity index (χ3n) is 3.71. The summed E-state index contributed by atoms with van der Waals surface area (Å²) in [6.45, 7) is 12.0. The summed E-state index contributed by atoms with van der Waals surface area (Å²) in [7, 11) is 0. The molecule has 0 aromatic carbocycles.